The highest BCUT2D eigenvalue weighted by Gasteiger charge is 2.34. The van der Waals surface area contributed by atoms with Crippen molar-refractivity contribution in [1.29, 1.82) is 0 Å². The largest absolute Gasteiger partial charge is 0.372 e. The molecule has 0 saturated carbocycles. The second-order valence-electron chi connectivity index (χ2n) is 5.85. The molecule has 1 saturated heterocycles. The van der Waals surface area contributed by atoms with Crippen molar-refractivity contribution in [2.75, 3.05) is 11.4 Å². The molecule has 1 aromatic carbocycles. The normalized spacial score (nSPS) is 17.5. The van der Waals surface area contributed by atoms with Gasteiger partial charge in [-0.1, -0.05) is 18.2 Å². The van der Waals surface area contributed by atoms with E-state index >= 15 is 0 Å². The number of halogens is 1. The minimum atomic E-state index is -0.393. The molecule has 1 fully saturated rings. The molecule has 1 aliphatic heterocycles. The fraction of sp³-hybridized carbons (Fsp3) is 0.235. The molecule has 6 nitrogen and oxygen atoms in total. The standard InChI is InChI=1S/C17H15FN4O2/c18-13-8-6-12(7-9-13)14-4-3-11-20(14)16-17(22(23)24)21-10-2-1-5-15(21)19-16/h1-2,5-10,14H,3-4,11H2/t14-/m1/s1. The zero-order chi connectivity index (χ0) is 16.7. The SMILES string of the molecule is O=[N+]([O-])c1c(N2CCC[C@@H]2c2ccc(F)cc2)nc2ccccn12. The first kappa shape index (κ1) is 14.6. The lowest BCUT2D eigenvalue weighted by atomic mass is 10.0. The lowest BCUT2D eigenvalue weighted by Gasteiger charge is -2.24. The summed E-state index contributed by atoms with van der Waals surface area (Å²) in [5, 5.41) is 11.6. The third kappa shape index (κ3) is 2.29. The molecule has 0 bridgehead atoms. The number of pyridine rings is 1. The first-order chi connectivity index (χ1) is 11.6. The van der Waals surface area contributed by atoms with Gasteiger partial charge in [0.25, 0.3) is 0 Å². The van der Waals surface area contributed by atoms with Gasteiger partial charge in [0, 0.05) is 12.6 Å². The minimum Gasteiger partial charge on any atom is -0.358 e. The van der Waals surface area contributed by atoms with Crippen molar-refractivity contribution in [3.63, 3.8) is 0 Å². The van der Waals surface area contributed by atoms with Gasteiger partial charge in [0.15, 0.2) is 0 Å². The van der Waals surface area contributed by atoms with Gasteiger partial charge in [-0.15, -0.1) is 0 Å². The number of imidazole rings is 1. The van der Waals surface area contributed by atoms with E-state index in [1.165, 1.54) is 16.5 Å². The van der Waals surface area contributed by atoms with E-state index in [1.54, 1.807) is 36.5 Å². The van der Waals surface area contributed by atoms with Crippen LogP contribution in [0, 0.1) is 15.9 Å². The number of rotatable bonds is 3. The molecule has 7 heteroatoms. The zero-order valence-electron chi connectivity index (χ0n) is 12.8. The summed E-state index contributed by atoms with van der Waals surface area (Å²) in [7, 11) is 0. The van der Waals surface area contributed by atoms with Crippen molar-refractivity contribution in [3.8, 4) is 0 Å². The lowest BCUT2D eigenvalue weighted by molar-refractivity contribution is -0.389. The van der Waals surface area contributed by atoms with Crippen LogP contribution < -0.4 is 4.90 Å². The monoisotopic (exact) mass is 326 g/mol. The Morgan fingerprint density at radius 2 is 2.00 bits per heavy atom. The predicted molar refractivity (Wildman–Crippen MR) is 87.6 cm³/mol. The molecule has 0 amide bonds. The summed E-state index contributed by atoms with van der Waals surface area (Å²) in [6.07, 6.45) is 3.41. The first-order valence-electron chi connectivity index (χ1n) is 7.79. The fourth-order valence-electron chi connectivity index (χ4n) is 3.38. The van der Waals surface area contributed by atoms with E-state index in [9.17, 15) is 14.5 Å². The second-order valence-corrected chi connectivity index (χ2v) is 5.85. The smallest absolute Gasteiger partial charge is 0.358 e. The number of benzene rings is 1. The lowest BCUT2D eigenvalue weighted by Crippen LogP contribution is -2.23. The Morgan fingerprint density at radius 1 is 1.21 bits per heavy atom. The Bertz CT molecular complexity index is 907. The van der Waals surface area contributed by atoms with Gasteiger partial charge in [-0.2, -0.15) is 9.38 Å². The molecule has 0 unspecified atom stereocenters. The maximum Gasteiger partial charge on any atom is 0.372 e. The first-order valence-corrected chi connectivity index (χ1v) is 7.79. The number of hydrogen-bond acceptors (Lipinski definition) is 4. The molecule has 3 heterocycles. The molecular formula is C17H15FN4O2. The summed E-state index contributed by atoms with van der Waals surface area (Å²) in [6, 6.07) is 11.6. The Hall–Kier alpha value is -2.96. The van der Waals surface area contributed by atoms with Crippen molar-refractivity contribution in [1.82, 2.24) is 9.38 Å². The molecule has 0 spiro atoms. The topological polar surface area (TPSA) is 63.7 Å². The number of nitro groups is 1. The Balaban J connectivity index is 1.82. The van der Waals surface area contributed by atoms with Gasteiger partial charge in [0.05, 0.1) is 12.2 Å². The Morgan fingerprint density at radius 3 is 2.75 bits per heavy atom. The van der Waals surface area contributed by atoms with E-state index in [1.807, 2.05) is 4.90 Å². The molecule has 24 heavy (non-hydrogen) atoms. The zero-order valence-corrected chi connectivity index (χ0v) is 12.8. The van der Waals surface area contributed by atoms with Crippen LogP contribution in [0.2, 0.25) is 0 Å². The number of nitrogens with zero attached hydrogens (tertiary/aromatic N) is 4. The molecule has 3 aromatic rings. The van der Waals surface area contributed by atoms with Gasteiger partial charge < -0.3 is 15.0 Å². The van der Waals surface area contributed by atoms with Gasteiger partial charge in [-0.05, 0) is 41.5 Å². The molecular weight excluding hydrogens is 311 g/mol. The van der Waals surface area contributed by atoms with E-state index in [2.05, 4.69) is 4.98 Å². The van der Waals surface area contributed by atoms with Gasteiger partial charge >= 0.3 is 5.82 Å². The summed E-state index contributed by atoms with van der Waals surface area (Å²) < 4.78 is 14.7. The van der Waals surface area contributed by atoms with E-state index in [0.717, 1.165) is 18.4 Å². The molecule has 122 valence electrons. The second kappa shape index (κ2) is 5.59. The molecule has 0 aliphatic carbocycles. The van der Waals surface area contributed by atoms with Crippen LogP contribution in [0.1, 0.15) is 24.4 Å². The average Bonchev–Trinajstić information content (AvgIpc) is 3.19. The highest BCUT2D eigenvalue weighted by molar-refractivity contribution is 5.64. The van der Waals surface area contributed by atoms with Crippen LogP contribution in [-0.2, 0) is 0 Å². The van der Waals surface area contributed by atoms with Crippen molar-refractivity contribution >= 4 is 17.3 Å². The van der Waals surface area contributed by atoms with Gasteiger partial charge in [-0.3, -0.25) is 0 Å². The Kier molecular flexibility index (Phi) is 3.41. The Labute approximate surface area is 137 Å². The van der Waals surface area contributed by atoms with E-state index in [0.29, 0.717) is 18.0 Å². The molecule has 0 radical (unpaired) electrons. The van der Waals surface area contributed by atoms with Gasteiger partial charge in [0.1, 0.15) is 5.82 Å². The number of fused-ring (bicyclic) bond motifs is 1. The van der Waals surface area contributed by atoms with Crippen molar-refractivity contribution < 1.29 is 9.31 Å². The fourth-order valence-corrected chi connectivity index (χ4v) is 3.38. The predicted octanol–water partition coefficient (Wildman–Crippen LogP) is 3.72. The van der Waals surface area contributed by atoms with E-state index < -0.39 is 4.92 Å². The van der Waals surface area contributed by atoms with E-state index in [4.69, 9.17) is 0 Å². The molecule has 4 rings (SSSR count). The van der Waals surface area contributed by atoms with Crippen LogP contribution in [0.3, 0.4) is 0 Å². The van der Waals surface area contributed by atoms with Crippen molar-refractivity contribution in [3.05, 3.63) is 70.2 Å². The maximum atomic E-state index is 13.2. The summed E-state index contributed by atoms with van der Waals surface area (Å²) in [5.41, 5.74) is 1.49. The number of anilines is 1. The van der Waals surface area contributed by atoms with Crippen LogP contribution in [0.5, 0.6) is 0 Å². The van der Waals surface area contributed by atoms with Gasteiger partial charge in [0.2, 0.25) is 11.5 Å². The van der Waals surface area contributed by atoms with Crippen LogP contribution in [0.4, 0.5) is 16.0 Å². The summed E-state index contributed by atoms with van der Waals surface area (Å²) in [4.78, 5) is 17.7. The summed E-state index contributed by atoms with van der Waals surface area (Å²) >= 11 is 0. The van der Waals surface area contributed by atoms with Crippen molar-refractivity contribution in [2.45, 2.75) is 18.9 Å². The highest BCUT2D eigenvalue weighted by Crippen LogP contribution is 2.40. The number of aromatic nitrogens is 2. The molecule has 1 aliphatic rings. The third-order valence-electron chi connectivity index (χ3n) is 4.44. The maximum absolute atomic E-state index is 13.2. The quantitative estimate of drug-likeness (QED) is 0.543. The van der Waals surface area contributed by atoms with Crippen LogP contribution >= 0.6 is 0 Å². The molecule has 2 aromatic heterocycles. The summed E-state index contributed by atoms with van der Waals surface area (Å²) in [6.45, 7) is 0.687. The van der Waals surface area contributed by atoms with Crippen LogP contribution in [-0.4, -0.2) is 20.9 Å². The van der Waals surface area contributed by atoms with Crippen LogP contribution in [0.15, 0.2) is 48.7 Å². The third-order valence-corrected chi connectivity index (χ3v) is 4.44. The van der Waals surface area contributed by atoms with Gasteiger partial charge in [-0.25, -0.2) is 4.39 Å². The molecule has 1 atom stereocenters. The van der Waals surface area contributed by atoms with Crippen molar-refractivity contribution in [2.24, 2.45) is 0 Å². The highest BCUT2D eigenvalue weighted by atomic mass is 19.1. The minimum absolute atomic E-state index is 0.0281. The van der Waals surface area contributed by atoms with Crippen LogP contribution in [0.25, 0.3) is 5.65 Å². The van der Waals surface area contributed by atoms with E-state index in [-0.39, 0.29) is 17.7 Å². The molecule has 0 N–H and O–H groups in total. The number of hydrogen-bond donors (Lipinski definition) is 0. The summed E-state index contributed by atoms with van der Waals surface area (Å²) in [5.74, 6) is 0.0552. The average molecular weight is 326 g/mol.